The Morgan fingerprint density at radius 2 is 1.60 bits per heavy atom. The molecule has 1 saturated heterocycles. The van der Waals surface area contributed by atoms with Crippen molar-refractivity contribution in [1.29, 1.82) is 0 Å². The fourth-order valence-electron chi connectivity index (χ4n) is 5.85. The van der Waals surface area contributed by atoms with E-state index in [1.54, 1.807) is 11.8 Å². The maximum atomic E-state index is 13.4. The van der Waals surface area contributed by atoms with Crippen molar-refractivity contribution in [2.75, 3.05) is 39.3 Å². The van der Waals surface area contributed by atoms with Crippen LogP contribution in [0.2, 0.25) is 0 Å². The molecule has 7 nitrogen and oxygen atoms in total. The number of nitrogens with zero attached hydrogens (tertiary/aromatic N) is 3. The van der Waals surface area contributed by atoms with Gasteiger partial charge in [0.25, 0.3) is 5.91 Å². The number of hydrogen-bond acceptors (Lipinski definition) is 5. The molecule has 1 unspecified atom stereocenters. The smallest absolute Gasteiger partial charge is 0.336 e. The summed E-state index contributed by atoms with van der Waals surface area (Å²) in [5, 5.41) is 0. The van der Waals surface area contributed by atoms with E-state index >= 15 is 0 Å². The van der Waals surface area contributed by atoms with E-state index in [4.69, 9.17) is 4.74 Å². The van der Waals surface area contributed by atoms with Crippen molar-refractivity contribution in [1.82, 2.24) is 14.7 Å². The second-order valence-corrected chi connectivity index (χ2v) is 11.0. The fraction of sp³-hybridized carbons (Fsp3) is 0.306. The molecule has 3 aromatic carbocycles. The maximum Gasteiger partial charge on any atom is 0.336 e. The van der Waals surface area contributed by atoms with Gasteiger partial charge in [0, 0.05) is 56.3 Å². The minimum atomic E-state index is -0.398. The molecule has 2 aliphatic heterocycles. The molecule has 2 heterocycles. The molecular formula is C36H39N3O4. The third-order valence-electron chi connectivity index (χ3n) is 8.17. The molecule has 7 heteroatoms. The molecule has 3 aromatic rings. The van der Waals surface area contributed by atoms with E-state index in [1.807, 2.05) is 84.6 Å². The second-order valence-electron chi connectivity index (χ2n) is 11.0. The number of piperazine rings is 1. The van der Waals surface area contributed by atoms with Crippen molar-refractivity contribution in [3.8, 4) is 0 Å². The summed E-state index contributed by atoms with van der Waals surface area (Å²) in [4.78, 5) is 45.8. The number of rotatable bonds is 9. The number of esters is 1. The largest absolute Gasteiger partial charge is 0.463 e. The first-order valence-corrected chi connectivity index (χ1v) is 15.0. The zero-order valence-corrected chi connectivity index (χ0v) is 24.9. The third kappa shape index (κ3) is 7.30. The summed E-state index contributed by atoms with van der Waals surface area (Å²) in [5.41, 5.74) is 4.64. The highest BCUT2D eigenvalue weighted by molar-refractivity contribution is 5.96. The lowest BCUT2D eigenvalue weighted by atomic mass is 9.83. The molecule has 0 N–H and O–H groups in total. The number of ether oxygens (including phenoxy) is 1. The molecule has 0 aliphatic carbocycles. The van der Waals surface area contributed by atoms with Gasteiger partial charge in [-0.25, -0.2) is 4.79 Å². The lowest BCUT2D eigenvalue weighted by Gasteiger charge is -2.35. The van der Waals surface area contributed by atoms with Crippen molar-refractivity contribution in [2.24, 2.45) is 0 Å². The number of hydrogen-bond donors (Lipinski definition) is 0. The first kappa shape index (κ1) is 30.0. The molecule has 2 amide bonds. The second kappa shape index (κ2) is 14.1. The zero-order chi connectivity index (χ0) is 30.2. The standard InChI is InChI=1S/C36H39N3O4/c1-3-43-36(42)34-27(2)39(33(40)25-32(34)30-16-8-5-9-17-30)26-29-14-10-18-31(24-29)35(41)38-22-20-37(21-23-38)19-11-15-28-12-6-4-7-13-28/h4-18,24,32H,3,19-23,25-26H2,1-2H3/b15-11+. The van der Waals surface area contributed by atoms with E-state index in [0.717, 1.165) is 30.8 Å². The highest BCUT2D eigenvalue weighted by Gasteiger charge is 2.37. The van der Waals surface area contributed by atoms with Crippen molar-refractivity contribution in [3.05, 3.63) is 125 Å². The molecular weight excluding hydrogens is 538 g/mol. The van der Waals surface area contributed by atoms with Crippen LogP contribution in [-0.4, -0.2) is 71.8 Å². The number of carbonyl (C=O) groups excluding carboxylic acids is 3. The van der Waals surface area contributed by atoms with Crippen LogP contribution in [0.5, 0.6) is 0 Å². The van der Waals surface area contributed by atoms with Crippen LogP contribution < -0.4 is 0 Å². The molecule has 0 spiro atoms. The molecule has 2 aliphatic rings. The molecule has 43 heavy (non-hydrogen) atoms. The van der Waals surface area contributed by atoms with Gasteiger partial charge >= 0.3 is 5.97 Å². The normalized spacial score (nSPS) is 17.9. The Morgan fingerprint density at radius 3 is 2.30 bits per heavy atom. The number of amides is 2. The van der Waals surface area contributed by atoms with Crippen LogP contribution in [0.4, 0.5) is 0 Å². The van der Waals surface area contributed by atoms with Crippen molar-refractivity contribution >= 4 is 23.9 Å². The van der Waals surface area contributed by atoms with Crippen LogP contribution in [0.15, 0.2) is 102 Å². The summed E-state index contributed by atoms with van der Waals surface area (Å²) in [6.45, 7) is 7.93. The number of allylic oxidation sites excluding steroid dienone is 1. The summed E-state index contributed by atoms with van der Waals surface area (Å²) in [6.07, 6.45) is 4.48. The van der Waals surface area contributed by atoms with Gasteiger partial charge in [0.2, 0.25) is 5.91 Å². The molecule has 0 radical (unpaired) electrons. The van der Waals surface area contributed by atoms with Gasteiger partial charge in [0.1, 0.15) is 0 Å². The lowest BCUT2D eigenvalue weighted by Crippen LogP contribution is -2.48. The van der Waals surface area contributed by atoms with E-state index in [1.165, 1.54) is 5.56 Å². The van der Waals surface area contributed by atoms with Gasteiger partial charge in [-0.1, -0.05) is 84.9 Å². The molecule has 222 valence electrons. The van der Waals surface area contributed by atoms with Gasteiger partial charge in [-0.15, -0.1) is 0 Å². The summed E-state index contributed by atoms with van der Waals surface area (Å²) >= 11 is 0. The Labute approximate surface area is 254 Å². The predicted octanol–water partition coefficient (Wildman–Crippen LogP) is 5.51. The Morgan fingerprint density at radius 1 is 0.907 bits per heavy atom. The zero-order valence-electron chi connectivity index (χ0n) is 24.9. The highest BCUT2D eigenvalue weighted by Crippen LogP contribution is 2.37. The molecule has 0 bridgehead atoms. The Hall–Kier alpha value is -4.49. The molecule has 5 rings (SSSR count). The number of benzene rings is 3. The Bertz CT molecular complexity index is 1490. The first-order chi connectivity index (χ1) is 20.9. The average molecular weight is 578 g/mol. The van der Waals surface area contributed by atoms with Gasteiger partial charge in [0.05, 0.1) is 18.7 Å². The van der Waals surface area contributed by atoms with Gasteiger partial charge in [-0.05, 0) is 42.7 Å². The molecule has 1 atom stereocenters. The summed E-state index contributed by atoms with van der Waals surface area (Å²) in [6, 6.07) is 27.3. The van der Waals surface area contributed by atoms with Crippen molar-refractivity contribution in [3.63, 3.8) is 0 Å². The van der Waals surface area contributed by atoms with Crippen LogP contribution >= 0.6 is 0 Å². The number of carbonyl (C=O) groups is 3. The Balaban J connectivity index is 1.25. The summed E-state index contributed by atoms with van der Waals surface area (Å²) in [5.74, 6) is -0.821. The molecule has 0 aromatic heterocycles. The first-order valence-electron chi connectivity index (χ1n) is 15.0. The SMILES string of the molecule is CCOC(=O)C1=C(C)N(Cc2cccc(C(=O)N3CCN(C/C=C/c4ccccc4)CC3)c2)C(=O)CC1c1ccccc1. The van der Waals surface area contributed by atoms with Gasteiger partial charge in [-0.3, -0.25) is 14.5 Å². The predicted molar refractivity (Wildman–Crippen MR) is 168 cm³/mol. The van der Waals surface area contributed by atoms with Crippen LogP contribution in [0.3, 0.4) is 0 Å². The fourth-order valence-corrected chi connectivity index (χ4v) is 5.85. The summed E-state index contributed by atoms with van der Waals surface area (Å²) in [7, 11) is 0. The van der Waals surface area contributed by atoms with E-state index in [2.05, 4.69) is 29.2 Å². The van der Waals surface area contributed by atoms with E-state index < -0.39 is 5.97 Å². The van der Waals surface area contributed by atoms with Crippen LogP contribution in [0.25, 0.3) is 6.08 Å². The lowest BCUT2D eigenvalue weighted by molar-refractivity contribution is -0.140. The van der Waals surface area contributed by atoms with Crippen LogP contribution in [0.1, 0.15) is 53.2 Å². The monoisotopic (exact) mass is 577 g/mol. The molecule has 0 saturated carbocycles. The van der Waals surface area contributed by atoms with Gasteiger partial charge in [0.15, 0.2) is 0 Å². The average Bonchev–Trinajstić information content (AvgIpc) is 3.04. The van der Waals surface area contributed by atoms with Crippen molar-refractivity contribution < 1.29 is 19.1 Å². The van der Waals surface area contributed by atoms with E-state index in [0.29, 0.717) is 29.9 Å². The summed E-state index contributed by atoms with van der Waals surface area (Å²) < 4.78 is 5.41. The molecule has 1 fully saturated rings. The van der Waals surface area contributed by atoms with Gasteiger partial charge in [-0.2, -0.15) is 0 Å². The minimum absolute atomic E-state index is 0.00471. The van der Waals surface area contributed by atoms with Crippen molar-refractivity contribution in [2.45, 2.75) is 32.7 Å². The topological polar surface area (TPSA) is 70.2 Å². The van der Waals surface area contributed by atoms with E-state index in [-0.39, 0.29) is 37.3 Å². The van der Waals surface area contributed by atoms with Crippen LogP contribution in [-0.2, 0) is 20.9 Å². The maximum absolute atomic E-state index is 13.4. The quantitative estimate of drug-likeness (QED) is 0.314. The van der Waals surface area contributed by atoms with Gasteiger partial charge < -0.3 is 14.5 Å². The third-order valence-corrected chi connectivity index (χ3v) is 8.17. The minimum Gasteiger partial charge on any atom is -0.463 e. The Kier molecular flexibility index (Phi) is 9.84. The van der Waals surface area contributed by atoms with E-state index in [9.17, 15) is 14.4 Å². The van der Waals surface area contributed by atoms with Crippen LogP contribution in [0, 0.1) is 0 Å². The highest BCUT2D eigenvalue weighted by atomic mass is 16.5.